The van der Waals surface area contributed by atoms with Crippen molar-refractivity contribution in [3.63, 3.8) is 0 Å². The summed E-state index contributed by atoms with van der Waals surface area (Å²) in [5, 5.41) is 6.33. The number of imidazole rings is 1. The lowest BCUT2D eigenvalue weighted by Crippen LogP contribution is -2.31. The molecule has 0 aliphatic carbocycles. The maximum absolute atomic E-state index is 12.2. The van der Waals surface area contributed by atoms with Crippen LogP contribution in [-0.4, -0.2) is 25.9 Å². The van der Waals surface area contributed by atoms with Crippen molar-refractivity contribution in [1.29, 1.82) is 0 Å². The number of hydrogen-bond acceptors (Lipinski definition) is 4. The van der Waals surface area contributed by atoms with Crippen LogP contribution in [0.3, 0.4) is 0 Å². The van der Waals surface area contributed by atoms with Gasteiger partial charge in [0.05, 0.1) is 18.4 Å². The highest BCUT2D eigenvalue weighted by atomic mass is 79.9. The van der Waals surface area contributed by atoms with E-state index < -0.39 is 18.3 Å². The summed E-state index contributed by atoms with van der Waals surface area (Å²) in [4.78, 5) is 18.5. The van der Waals surface area contributed by atoms with Gasteiger partial charge in [0, 0.05) is 12.4 Å². The van der Waals surface area contributed by atoms with Gasteiger partial charge in [-0.3, -0.25) is 4.79 Å². The largest absolute Gasteiger partial charge is 0.408 e. The van der Waals surface area contributed by atoms with Crippen LogP contribution in [0.15, 0.2) is 27.9 Å². The van der Waals surface area contributed by atoms with Gasteiger partial charge in [-0.15, -0.1) is 0 Å². The molecule has 0 aliphatic rings. The Hall–Kier alpha value is -1.84. The van der Waals surface area contributed by atoms with Gasteiger partial charge >= 0.3 is 6.18 Å². The van der Waals surface area contributed by atoms with Crippen molar-refractivity contribution in [1.82, 2.24) is 19.7 Å². The third kappa shape index (κ3) is 3.59. The van der Waals surface area contributed by atoms with Crippen LogP contribution in [0.5, 0.6) is 0 Å². The third-order valence-electron chi connectivity index (χ3n) is 2.32. The number of aromatic nitrogens is 4. The van der Waals surface area contributed by atoms with E-state index in [4.69, 9.17) is 0 Å². The van der Waals surface area contributed by atoms with Crippen molar-refractivity contribution < 1.29 is 13.2 Å². The molecule has 0 unspecified atom stereocenters. The van der Waals surface area contributed by atoms with Crippen LogP contribution < -0.4 is 10.9 Å². The first-order valence-corrected chi connectivity index (χ1v) is 6.20. The van der Waals surface area contributed by atoms with Crippen LogP contribution in [-0.2, 0) is 13.1 Å². The molecule has 10 heteroatoms. The lowest BCUT2D eigenvalue weighted by molar-refractivity contribution is -0.143. The molecular weight excluding hydrogens is 343 g/mol. The Kier molecular flexibility index (Phi) is 4.12. The molecule has 0 bridgehead atoms. The van der Waals surface area contributed by atoms with E-state index in [0.717, 1.165) is 6.20 Å². The lowest BCUT2D eigenvalue weighted by atomic mass is 10.4. The number of anilines is 1. The van der Waals surface area contributed by atoms with Crippen molar-refractivity contribution in [3.05, 3.63) is 39.2 Å². The Morgan fingerprint density at radius 3 is 2.80 bits per heavy atom. The van der Waals surface area contributed by atoms with Crippen LogP contribution >= 0.6 is 15.9 Å². The molecule has 2 N–H and O–H groups in total. The van der Waals surface area contributed by atoms with E-state index in [9.17, 15) is 18.0 Å². The molecule has 0 spiro atoms. The highest BCUT2D eigenvalue weighted by Crippen LogP contribution is 2.19. The fraction of sp³-hybridized carbons (Fsp3) is 0.300. The van der Waals surface area contributed by atoms with Crippen molar-refractivity contribution in [2.24, 2.45) is 0 Å². The van der Waals surface area contributed by atoms with E-state index in [1.807, 2.05) is 0 Å². The van der Waals surface area contributed by atoms with Crippen LogP contribution in [0, 0.1) is 0 Å². The van der Waals surface area contributed by atoms with Gasteiger partial charge in [-0.2, -0.15) is 18.3 Å². The van der Waals surface area contributed by atoms with Crippen LogP contribution in [0.2, 0.25) is 0 Å². The first kappa shape index (κ1) is 14.6. The van der Waals surface area contributed by atoms with Gasteiger partial charge in [0.2, 0.25) is 0 Å². The average molecular weight is 352 g/mol. The number of aromatic amines is 1. The van der Waals surface area contributed by atoms with Gasteiger partial charge in [-0.25, -0.2) is 9.67 Å². The normalized spacial score (nSPS) is 11.6. The first-order valence-electron chi connectivity index (χ1n) is 5.41. The smallest absolute Gasteiger partial charge is 0.375 e. The maximum atomic E-state index is 12.2. The fourth-order valence-electron chi connectivity index (χ4n) is 1.44. The molecule has 0 atom stereocenters. The van der Waals surface area contributed by atoms with Gasteiger partial charge in [0.25, 0.3) is 5.56 Å². The maximum Gasteiger partial charge on any atom is 0.408 e. The zero-order valence-corrected chi connectivity index (χ0v) is 11.5. The topological polar surface area (TPSA) is 75.6 Å². The third-order valence-corrected chi connectivity index (χ3v) is 3.08. The number of H-pyrrole nitrogens is 1. The Bertz CT molecular complexity index is 637. The average Bonchev–Trinajstić information content (AvgIpc) is 2.86. The summed E-state index contributed by atoms with van der Waals surface area (Å²) in [5.74, 6) is 0.622. The van der Waals surface area contributed by atoms with E-state index >= 15 is 0 Å². The Balaban J connectivity index is 2.16. The minimum Gasteiger partial charge on any atom is -0.375 e. The molecule has 2 aromatic heterocycles. The summed E-state index contributed by atoms with van der Waals surface area (Å²) >= 11 is 2.97. The minimum absolute atomic E-state index is 0.0108. The summed E-state index contributed by atoms with van der Waals surface area (Å²) in [5.41, 5.74) is -0.559. The number of rotatable bonds is 4. The second kappa shape index (κ2) is 5.65. The molecule has 2 heterocycles. The lowest BCUT2D eigenvalue weighted by Gasteiger charge is -2.11. The zero-order chi connectivity index (χ0) is 14.8. The van der Waals surface area contributed by atoms with Crippen LogP contribution in [0.1, 0.15) is 5.82 Å². The summed E-state index contributed by atoms with van der Waals surface area (Å²) < 4.78 is 37.1. The standard InChI is InChI=1S/C10H9BrF3N5O/c11-8-6(17-4-7-15-1-2-16-7)3-18-19(9(8)20)5-10(12,13)14/h1-3,17H,4-5H2,(H,15,16). The molecule has 0 saturated heterocycles. The van der Waals surface area contributed by atoms with Crippen molar-refractivity contribution >= 4 is 21.6 Å². The number of nitrogens with zero attached hydrogens (tertiary/aromatic N) is 3. The molecule has 2 rings (SSSR count). The summed E-state index contributed by atoms with van der Waals surface area (Å²) in [7, 11) is 0. The summed E-state index contributed by atoms with van der Waals surface area (Å²) in [6, 6.07) is 0. The van der Waals surface area contributed by atoms with Crippen molar-refractivity contribution in [3.8, 4) is 0 Å². The molecular formula is C10H9BrF3N5O. The Labute approximate surface area is 119 Å². The van der Waals surface area contributed by atoms with E-state index in [0.29, 0.717) is 16.2 Å². The van der Waals surface area contributed by atoms with Gasteiger partial charge in [0.15, 0.2) is 0 Å². The zero-order valence-electron chi connectivity index (χ0n) is 9.91. The van der Waals surface area contributed by atoms with Gasteiger partial charge < -0.3 is 10.3 Å². The van der Waals surface area contributed by atoms with Gasteiger partial charge in [-0.1, -0.05) is 0 Å². The van der Waals surface area contributed by atoms with Gasteiger partial charge in [0.1, 0.15) is 16.8 Å². The van der Waals surface area contributed by atoms with E-state index in [1.165, 1.54) is 0 Å². The predicted molar refractivity (Wildman–Crippen MR) is 68.2 cm³/mol. The first-order chi connectivity index (χ1) is 9.37. The highest BCUT2D eigenvalue weighted by Gasteiger charge is 2.29. The molecule has 6 nitrogen and oxygen atoms in total. The molecule has 0 aromatic carbocycles. The summed E-state index contributed by atoms with van der Waals surface area (Å²) in [6.07, 6.45) is -0.156. The second-order valence-corrected chi connectivity index (χ2v) is 4.63. The molecule has 108 valence electrons. The molecule has 0 fully saturated rings. The highest BCUT2D eigenvalue weighted by molar-refractivity contribution is 9.10. The van der Waals surface area contributed by atoms with E-state index in [-0.39, 0.29) is 11.0 Å². The number of hydrogen-bond donors (Lipinski definition) is 2. The van der Waals surface area contributed by atoms with Crippen molar-refractivity contribution in [2.75, 3.05) is 5.32 Å². The Morgan fingerprint density at radius 2 is 2.20 bits per heavy atom. The monoisotopic (exact) mass is 351 g/mol. The molecule has 0 radical (unpaired) electrons. The van der Waals surface area contributed by atoms with Crippen molar-refractivity contribution in [2.45, 2.75) is 19.3 Å². The van der Waals surface area contributed by atoms with Crippen LogP contribution in [0.4, 0.5) is 18.9 Å². The summed E-state index contributed by atoms with van der Waals surface area (Å²) in [6.45, 7) is -1.14. The second-order valence-electron chi connectivity index (χ2n) is 3.84. The van der Waals surface area contributed by atoms with E-state index in [2.05, 4.69) is 36.3 Å². The fourth-order valence-corrected chi connectivity index (χ4v) is 1.89. The predicted octanol–water partition coefficient (Wildman–Crippen LogP) is 1.90. The van der Waals surface area contributed by atoms with E-state index in [1.54, 1.807) is 12.4 Å². The van der Waals surface area contributed by atoms with Gasteiger partial charge in [-0.05, 0) is 15.9 Å². The molecule has 20 heavy (non-hydrogen) atoms. The SMILES string of the molecule is O=c1c(Br)c(NCc2ncc[nH]2)cnn1CC(F)(F)F. The number of nitrogens with one attached hydrogen (secondary N) is 2. The van der Waals surface area contributed by atoms with Crippen LogP contribution in [0.25, 0.3) is 0 Å². The number of halogens is 4. The molecule has 0 amide bonds. The molecule has 2 aromatic rings. The molecule has 0 aliphatic heterocycles. The molecule has 0 saturated carbocycles. The number of alkyl halides is 3. The minimum atomic E-state index is -4.50. The Morgan fingerprint density at radius 1 is 1.45 bits per heavy atom. The quantitative estimate of drug-likeness (QED) is 0.882.